The van der Waals surface area contributed by atoms with Crippen LogP contribution in [-0.2, 0) is 6.54 Å². The molecule has 8 nitrogen and oxygen atoms in total. The van der Waals surface area contributed by atoms with Gasteiger partial charge in [0.25, 0.3) is 23.6 Å². The van der Waals surface area contributed by atoms with Crippen LogP contribution in [0.15, 0.2) is 83.5 Å². The minimum Gasteiger partial charge on any atom is -0.469 e. The second-order valence-electron chi connectivity index (χ2n) is 8.44. The molecule has 1 aliphatic heterocycles. The van der Waals surface area contributed by atoms with E-state index in [-0.39, 0.29) is 40.2 Å². The number of aryl methyl sites for hydroxylation is 1. The summed E-state index contributed by atoms with van der Waals surface area (Å²) in [5.41, 5.74) is 1.65. The molecule has 1 aliphatic rings. The van der Waals surface area contributed by atoms with E-state index in [9.17, 15) is 23.6 Å². The Balaban J connectivity index is 1.32. The molecule has 0 fully saturated rings. The fourth-order valence-electron chi connectivity index (χ4n) is 4.05. The van der Waals surface area contributed by atoms with E-state index in [2.05, 4.69) is 10.6 Å². The molecule has 0 saturated carbocycles. The molecule has 2 heterocycles. The predicted molar refractivity (Wildman–Crippen MR) is 133 cm³/mol. The minimum atomic E-state index is -0.687. The number of carbonyl (C=O) groups is 4. The van der Waals surface area contributed by atoms with Crippen LogP contribution in [0.25, 0.3) is 0 Å². The van der Waals surface area contributed by atoms with E-state index in [1.165, 1.54) is 42.7 Å². The number of amides is 4. The average molecular weight is 497 g/mol. The topological polar surface area (TPSA) is 109 Å². The molecule has 0 bridgehead atoms. The summed E-state index contributed by atoms with van der Waals surface area (Å²) in [7, 11) is 0. The van der Waals surface area contributed by atoms with Crippen LogP contribution in [0.3, 0.4) is 0 Å². The van der Waals surface area contributed by atoms with Gasteiger partial charge in [0, 0.05) is 11.3 Å². The maximum Gasteiger partial charge on any atom is 0.261 e. The zero-order valence-corrected chi connectivity index (χ0v) is 19.6. The lowest BCUT2D eigenvalue weighted by molar-refractivity contribution is 0.0642. The molecule has 0 unspecified atom stereocenters. The van der Waals surface area contributed by atoms with Gasteiger partial charge in [-0.1, -0.05) is 30.3 Å². The minimum absolute atomic E-state index is 0.122. The van der Waals surface area contributed by atoms with Crippen molar-refractivity contribution in [3.8, 4) is 0 Å². The van der Waals surface area contributed by atoms with Gasteiger partial charge in [-0.15, -0.1) is 0 Å². The first-order chi connectivity index (χ1) is 17.8. The summed E-state index contributed by atoms with van der Waals surface area (Å²) in [5.74, 6) is -2.35. The Morgan fingerprint density at radius 2 is 1.62 bits per heavy atom. The van der Waals surface area contributed by atoms with Crippen molar-refractivity contribution in [2.45, 2.75) is 13.5 Å². The zero-order chi connectivity index (χ0) is 26.1. The first-order valence-corrected chi connectivity index (χ1v) is 11.3. The van der Waals surface area contributed by atoms with Gasteiger partial charge in [-0.3, -0.25) is 24.1 Å². The fraction of sp³-hybridized carbons (Fsp3) is 0.0714. The van der Waals surface area contributed by atoms with Gasteiger partial charge in [0.15, 0.2) is 0 Å². The molecule has 184 valence electrons. The molecular formula is C28H20FN3O5. The number of halogens is 1. The van der Waals surface area contributed by atoms with Crippen LogP contribution in [0.5, 0.6) is 0 Å². The van der Waals surface area contributed by atoms with Gasteiger partial charge >= 0.3 is 0 Å². The van der Waals surface area contributed by atoms with Gasteiger partial charge in [-0.2, -0.15) is 0 Å². The molecule has 4 aromatic rings. The summed E-state index contributed by atoms with van der Waals surface area (Å²) in [4.78, 5) is 52.2. The third-order valence-electron chi connectivity index (χ3n) is 5.99. The number of nitrogens with one attached hydrogen (secondary N) is 2. The van der Waals surface area contributed by atoms with E-state index in [0.29, 0.717) is 5.76 Å². The first-order valence-electron chi connectivity index (χ1n) is 11.3. The molecule has 0 spiro atoms. The average Bonchev–Trinajstić information content (AvgIpc) is 3.43. The summed E-state index contributed by atoms with van der Waals surface area (Å²) < 4.78 is 19.4. The van der Waals surface area contributed by atoms with E-state index >= 15 is 0 Å². The van der Waals surface area contributed by atoms with Gasteiger partial charge in [-0.05, 0) is 55.0 Å². The van der Waals surface area contributed by atoms with Crippen molar-refractivity contribution in [1.82, 2.24) is 4.90 Å². The number of hydrogen-bond acceptors (Lipinski definition) is 5. The van der Waals surface area contributed by atoms with E-state index < -0.39 is 29.4 Å². The third-order valence-corrected chi connectivity index (χ3v) is 5.99. The molecule has 0 saturated heterocycles. The number of benzene rings is 3. The van der Waals surface area contributed by atoms with Gasteiger partial charge in [-0.25, -0.2) is 4.39 Å². The highest BCUT2D eigenvalue weighted by atomic mass is 19.1. The molecule has 37 heavy (non-hydrogen) atoms. The second-order valence-corrected chi connectivity index (χ2v) is 8.44. The van der Waals surface area contributed by atoms with Crippen molar-refractivity contribution in [2.24, 2.45) is 0 Å². The highest BCUT2D eigenvalue weighted by molar-refractivity contribution is 6.22. The molecule has 0 atom stereocenters. The van der Waals surface area contributed by atoms with Crippen LogP contribution in [0, 0.1) is 12.7 Å². The number of rotatable bonds is 6. The second kappa shape index (κ2) is 9.54. The van der Waals surface area contributed by atoms with E-state index in [1.807, 2.05) is 30.3 Å². The number of hydrogen-bond donors (Lipinski definition) is 2. The lowest BCUT2D eigenvalue weighted by Crippen LogP contribution is -2.29. The van der Waals surface area contributed by atoms with Gasteiger partial charge in [0.05, 0.1) is 35.2 Å². The number of carbonyl (C=O) groups excluding carboxylic acids is 4. The predicted octanol–water partition coefficient (Wildman–Crippen LogP) is 5.03. The number of anilines is 2. The summed E-state index contributed by atoms with van der Waals surface area (Å²) in [6, 6.07) is 18.6. The lowest BCUT2D eigenvalue weighted by Gasteiger charge is -2.13. The quantitative estimate of drug-likeness (QED) is 0.363. The summed E-state index contributed by atoms with van der Waals surface area (Å²) in [6.07, 6.45) is 1.35. The normalized spacial score (nSPS) is 12.4. The maximum absolute atomic E-state index is 14.3. The molecule has 3 aromatic carbocycles. The van der Waals surface area contributed by atoms with Crippen LogP contribution < -0.4 is 10.6 Å². The molecule has 1 aromatic heterocycles. The summed E-state index contributed by atoms with van der Waals surface area (Å²) in [6.45, 7) is 1.73. The van der Waals surface area contributed by atoms with Crippen molar-refractivity contribution in [3.05, 3.63) is 118 Å². The Kier molecular flexibility index (Phi) is 6.10. The van der Waals surface area contributed by atoms with E-state index in [4.69, 9.17) is 4.42 Å². The fourth-order valence-corrected chi connectivity index (χ4v) is 4.05. The molecule has 0 aliphatic carbocycles. The summed E-state index contributed by atoms with van der Waals surface area (Å²) >= 11 is 0. The van der Waals surface area contributed by atoms with Gasteiger partial charge in [0.1, 0.15) is 11.6 Å². The Labute approximate surface area is 210 Å². The van der Waals surface area contributed by atoms with E-state index in [1.54, 1.807) is 6.92 Å². The Bertz CT molecular complexity index is 1560. The van der Waals surface area contributed by atoms with Crippen molar-refractivity contribution >= 4 is 35.0 Å². The third kappa shape index (κ3) is 4.62. The largest absolute Gasteiger partial charge is 0.469 e. The maximum atomic E-state index is 14.3. The monoisotopic (exact) mass is 497 g/mol. The Morgan fingerprint density at radius 1 is 0.865 bits per heavy atom. The zero-order valence-electron chi connectivity index (χ0n) is 19.6. The van der Waals surface area contributed by atoms with Crippen LogP contribution in [0.1, 0.15) is 52.8 Å². The van der Waals surface area contributed by atoms with Crippen molar-refractivity contribution < 1.29 is 28.0 Å². The number of nitrogens with zero attached hydrogens (tertiary/aromatic N) is 1. The molecule has 0 radical (unpaired) electrons. The standard InChI is InChI=1S/C28H20FN3O5/c1-16-20(11-12-37-16)26(34)31-24-14-19(8-10-23(24)29)30-25(33)18-7-9-21-22(13-18)28(36)32(27(21)35)15-17-5-3-2-4-6-17/h2-14H,15H2,1H3,(H,30,33)(H,31,34). The van der Waals surface area contributed by atoms with Crippen LogP contribution in [-0.4, -0.2) is 28.5 Å². The van der Waals surface area contributed by atoms with Crippen molar-refractivity contribution in [3.63, 3.8) is 0 Å². The molecule has 5 rings (SSSR count). The van der Waals surface area contributed by atoms with Crippen molar-refractivity contribution in [1.29, 1.82) is 0 Å². The van der Waals surface area contributed by atoms with E-state index in [0.717, 1.165) is 16.5 Å². The lowest BCUT2D eigenvalue weighted by atomic mass is 10.1. The Morgan fingerprint density at radius 3 is 2.35 bits per heavy atom. The molecule has 4 amide bonds. The van der Waals surface area contributed by atoms with Crippen LogP contribution >= 0.6 is 0 Å². The van der Waals surface area contributed by atoms with Crippen LogP contribution in [0.2, 0.25) is 0 Å². The molecule has 9 heteroatoms. The number of furan rings is 1. The summed E-state index contributed by atoms with van der Waals surface area (Å²) in [5, 5.41) is 5.09. The molecule has 2 N–H and O–H groups in total. The first kappa shape index (κ1) is 23.7. The van der Waals surface area contributed by atoms with Crippen molar-refractivity contribution in [2.75, 3.05) is 10.6 Å². The Hall–Kier alpha value is -5.05. The number of fused-ring (bicyclic) bond motifs is 1. The smallest absolute Gasteiger partial charge is 0.261 e. The van der Waals surface area contributed by atoms with Gasteiger partial charge < -0.3 is 15.1 Å². The highest BCUT2D eigenvalue weighted by Gasteiger charge is 2.36. The number of imide groups is 1. The highest BCUT2D eigenvalue weighted by Crippen LogP contribution is 2.27. The molecular weight excluding hydrogens is 477 g/mol. The van der Waals surface area contributed by atoms with Crippen LogP contribution in [0.4, 0.5) is 15.8 Å². The SMILES string of the molecule is Cc1occc1C(=O)Nc1cc(NC(=O)c2ccc3c(c2)C(=O)N(Cc2ccccc2)C3=O)ccc1F. The van der Waals surface area contributed by atoms with Gasteiger partial charge in [0.2, 0.25) is 0 Å².